The summed E-state index contributed by atoms with van der Waals surface area (Å²) in [5.74, 6) is 0.550. The summed E-state index contributed by atoms with van der Waals surface area (Å²) >= 11 is 5.83. The maximum atomic E-state index is 12.0. The molecule has 2 aromatic rings. The third-order valence-corrected chi connectivity index (χ3v) is 4.19. The molecule has 3 rings (SSSR count). The number of rotatable bonds is 4. The number of nitrogens with one attached hydrogen (secondary N) is 2. The minimum Gasteiger partial charge on any atom is -0.473 e. The fourth-order valence-electron chi connectivity index (χ4n) is 2.73. The zero-order valence-electron chi connectivity index (χ0n) is 13.1. The van der Waals surface area contributed by atoms with Crippen LogP contribution in [0.3, 0.4) is 0 Å². The van der Waals surface area contributed by atoms with Crippen molar-refractivity contribution in [1.29, 1.82) is 0 Å². The summed E-state index contributed by atoms with van der Waals surface area (Å²) in [6, 6.07) is 6.98. The Morgan fingerprint density at radius 2 is 1.88 bits per heavy atom. The molecule has 1 aromatic carbocycles. The predicted octanol–water partition coefficient (Wildman–Crippen LogP) is 3.64. The largest absolute Gasteiger partial charge is 0.473 e. The number of carbonyl (C=O) groups excluding carboxylic acids is 1. The second-order valence-corrected chi connectivity index (χ2v) is 6.18. The fourth-order valence-corrected chi connectivity index (χ4v) is 2.85. The van der Waals surface area contributed by atoms with Crippen molar-refractivity contribution in [2.75, 3.05) is 5.32 Å². The molecule has 1 aliphatic rings. The summed E-state index contributed by atoms with van der Waals surface area (Å²) in [4.78, 5) is 20.1. The molecule has 1 heterocycles. The highest BCUT2D eigenvalue weighted by Crippen LogP contribution is 2.22. The van der Waals surface area contributed by atoms with Crippen molar-refractivity contribution in [3.8, 4) is 5.88 Å². The average molecular weight is 347 g/mol. The predicted molar refractivity (Wildman–Crippen MR) is 92.3 cm³/mol. The van der Waals surface area contributed by atoms with Gasteiger partial charge in [-0.25, -0.2) is 9.78 Å². The van der Waals surface area contributed by atoms with Crippen molar-refractivity contribution in [3.63, 3.8) is 0 Å². The summed E-state index contributed by atoms with van der Waals surface area (Å²) in [5, 5.41) is 6.45. The van der Waals surface area contributed by atoms with E-state index in [1.165, 1.54) is 0 Å². The van der Waals surface area contributed by atoms with Gasteiger partial charge >= 0.3 is 6.03 Å². The molecule has 1 aromatic heterocycles. The highest BCUT2D eigenvalue weighted by atomic mass is 35.5. The Balaban J connectivity index is 1.41. The van der Waals surface area contributed by atoms with Crippen LogP contribution >= 0.6 is 11.6 Å². The summed E-state index contributed by atoms with van der Waals surface area (Å²) in [6.45, 7) is 0. The van der Waals surface area contributed by atoms with E-state index in [9.17, 15) is 4.79 Å². The number of amides is 2. The van der Waals surface area contributed by atoms with E-state index in [4.69, 9.17) is 16.3 Å². The zero-order valence-corrected chi connectivity index (χ0v) is 13.9. The van der Waals surface area contributed by atoms with Crippen LogP contribution in [-0.2, 0) is 0 Å². The number of halogens is 1. The maximum absolute atomic E-state index is 12.0. The average Bonchev–Trinajstić information content (AvgIpc) is 2.60. The summed E-state index contributed by atoms with van der Waals surface area (Å²) in [7, 11) is 0. The van der Waals surface area contributed by atoms with Crippen molar-refractivity contribution < 1.29 is 9.53 Å². The molecule has 6 nitrogen and oxygen atoms in total. The molecular formula is C17H19ClN4O2. The van der Waals surface area contributed by atoms with Gasteiger partial charge in [0.1, 0.15) is 6.10 Å². The molecule has 0 atom stereocenters. The van der Waals surface area contributed by atoms with Gasteiger partial charge in [0.15, 0.2) is 0 Å². The highest BCUT2D eigenvalue weighted by Gasteiger charge is 2.24. The van der Waals surface area contributed by atoms with Crippen LogP contribution in [0.4, 0.5) is 10.5 Å². The van der Waals surface area contributed by atoms with Gasteiger partial charge in [-0.05, 0) is 49.9 Å². The number of urea groups is 1. The van der Waals surface area contributed by atoms with Gasteiger partial charge in [-0.3, -0.25) is 4.98 Å². The molecule has 2 N–H and O–H groups in total. The highest BCUT2D eigenvalue weighted by molar-refractivity contribution is 6.30. The molecule has 0 aliphatic heterocycles. The fraction of sp³-hybridized carbons (Fsp3) is 0.353. The van der Waals surface area contributed by atoms with Crippen LogP contribution in [0.25, 0.3) is 0 Å². The van der Waals surface area contributed by atoms with Gasteiger partial charge < -0.3 is 15.4 Å². The van der Waals surface area contributed by atoms with E-state index in [2.05, 4.69) is 20.6 Å². The maximum Gasteiger partial charge on any atom is 0.319 e. The van der Waals surface area contributed by atoms with Gasteiger partial charge in [0.25, 0.3) is 0 Å². The van der Waals surface area contributed by atoms with Crippen molar-refractivity contribution in [2.24, 2.45) is 0 Å². The van der Waals surface area contributed by atoms with Crippen LogP contribution in [0.2, 0.25) is 5.02 Å². The van der Waals surface area contributed by atoms with Gasteiger partial charge in [-0.2, -0.15) is 0 Å². The van der Waals surface area contributed by atoms with Crippen molar-refractivity contribution in [3.05, 3.63) is 47.9 Å². The lowest BCUT2D eigenvalue weighted by Gasteiger charge is -2.29. The Morgan fingerprint density at radius 1 is 1.12 bits per heavy atom. The van der Waals surface area contributed by atoms with Crippen LogP contribution < -0.4 is 15.4 Å². The van der Waals surface area contributed by atoms with E-state index >= 15 is 0 Å². The first-order valence-electron chi connectivity index (χ1n) is 7.95. The molecule has 1 aliphatic carbocycles. The molecule has 126 valence electrons. The van der Waals surface area contributed by atoms with E-state index in [0.717, 1.165) is 31.4 Å². The lowest BCUT2D eigenvalue weighted by Crippen LogP contribution is -2.41. The Hall–Kier alpha value is -2.34. The molecule has 0 bridgehead atoms. The van der Waals surface area contributed by atoms with Crippen molar-refractivity contribution in [2.45, 2.75) is 37.8 Å². The monoisotopic (exact) mass is 346 g/mol. The van der Waals surface area contributed by atoms with Gasteiger partial charge in [-0.15, -0.1) is 0 Å². The van der Waals surface area contributed by atoms with Crippen molar-refractivity contribution in [1.82, 2.24) is 15.3 Å². The molecule has 24 heavy (non-hydrogen) atoms. The van der Waals surface area contributed by atoms with Crippen LogP contribution in [0.5, 0.6) is 5.88 Å². The van der Waals surface area contributed by atoms with Crippen LogP contribution in [0.15, 0.2) is 42.9 Å². The number of nitrogens with zero attached hydrogens (tertiary/aromatic N) is 2. The number of aromatic nitrogens is 2. The van der Waals surface area contributed by atoms with E-state index < -0.39 is 0 Å². The minimum atomic E-state index is -0.199. The smallest absolute Gasteiger partial charge is 0.319 e. The van der Waals surface area contributed by atoms with Crippen LogP contribution in [-0.4, -0.2) is 28.1 Å². The topological polar surface area (TPSA) is 76.1 Å². The number of hydrogen-bond donors (Lipinski definition) is 2. The minimum absolute atomic E-state index is 0.124. The second kappa shape index (κ2) is 7.97. The molecule has 0 unspecified atom stereocenters. The standard InChI is InChI=1S/C17H19ClN4O2/c18-12-1-3-13(4-2-12)21-17(23)22-14-5-7-15(8-6-14)24-16-11-19-9-10-20-16/h1-4,9-11,14-15H,5-8H2,(H2,21,22,23). The second-order valence-electron chi connectivity index (χ2n) is 5.74. The van der Waals surface area contributed by atoms with Gasteiger partial charge in [0.2, 0.25) is 5.88 Å². The molecular weight excluding hydrogens is 328 g/mol. The van der Waals surface area contributed by atoms with Gasteiger partial charge in [-0.1, -0.05) is 11.6 Å². The van der Waals surface area contributed by atoms with Crippen molar-refractivity contribution >= 4 is 23.3 Å². The quantitative estimate of drug-likeness (QED) is 0.886. The first kappa shape index (κ1) is 16.5. The Labute approximate surface area is 145 Å². The molecule has 2 amide bonds. The zero-order chi connectivity index (χ0) is 16.8. The van der Waals surface area contributed by atoms with Crippen LogP contribution in [0, 0.1) is 0 Å². The molecule has 1 saturated carbocycles. The SMILES string of the molecule is O=C(Nc1ccc(Cl)cc1)NC1CCC(Oc2cnccn2)CC1. The van der Waals surface area contributed by atoms with Gasteiger partial charge in [0.05, 0.1) is 6.20 Å². The molecule has 7 heteroatoms. The number of hydrogen-bond acceptors (Lipinski definition) is 4. The molecule has 0 saturated heterocycles. The van der Waals surface area contributed by atoms with Crippen LogP contribution in [0.1, 0.15) is 25.7 Å². The first-order chi connectivity index (χ1) is 11.7. The number of carbonyl (C=O) groups is 1. The van der Waals surface area contributed by atoms with E-state index in [0.29, 0.717) is 10.9 Å². The first-order valence-corrected chi connectivity index (χ1v) is 8.32. The molecule has 0 spiro atoms. The lowest BCUT2D eigenvalue weighted by atomic mass is 9.93. The summed E-state index contributed by atoms with van der Waals surface area (Å²) in [5.41, 5.74) is 0.719. The number of anilines is 1. The number of ether oxygens (including phenoxy) is 1. The normalized spacial score (nSPS) is 20.2. The molecule has 1 fully saturated rings. The molecule has 0 radical (unpaired) electrons. The van der Waals surface area contributed by atoms with Gasteiger partial charge in [0, 0.05) is 29.1 Å². The third kappa shape index (κ3) is 4.83. The van der Waals surface area contributed by atoms with E-state index in [1.807, 2.05) is 0 Å². The van der Waals surface area contributed by atoms with E-state index in [-0.39, 0.29) is 18.2 Å². The summed E-state index contributed by atoms with van der Waals surface area (Å²) in [6.07, 6.45) is 8.47. The Kier molecular flexibility index (Phi) is 5.48. The Bertz CT molecular complexity index is 658. The number of benzene rings is 1. The Morgan fingerprint density at radius 3 is 2.54 bits per heavy atom. The van der Waals surface area contributed by atoms with E-state index in [1.54, 1.807) is 42.9 Å². The third-order valence-electron chi connectivity index (χ3n) is 3.94. The summed E-state index contributed by atoms with van der Waals surface area (Å²) < 4.78 is 5.80. The lowest BCUT2D eigenvalue weighted by molar-refractivity contribution is 0.135.